The zero-order valence-electron chi connectivity index (χ0n) is 13.3. The molecule has 0 spiro atoms. The molecule has 1 aromatic rings. The third kappa shape index (κ3) is 3.91. The Bertz CT molecular complexity index is 711. The first-order valence-corrected chi connectivity index (χ1v) is 10.0. The maximum absolute atomic E-state index is 12.5. The highest BCUT2D eigenvalue weighted by atomic mass is 35.5. The van der Waals surface area contributed by atoms with E-state index < -0.39 is 10.0 Å². The van der Waals surface area contributed by atoms with Gasteiger partial charge >= 0.3 is 0 Å². The van der Waals surface area contributed by atoms with Crippen molar-refractivity contribution in [3.05, 3.63) is 28.8 Å². The molecule has 0 saturated carbocycles. The molecular formula is C16H21ClN2O4S. The van der Waals surface area contributed by atoms with Crippen LogP contribution in [0.5, 0.6) is 0 Å². The Labute approximate surface area is 147 Å². The van der Waals surface area contributed by atoms with Crippen molar-refractivity contribution in [2.75, 3.05) is 26.2 Å². The summed E-state index contributed by atoms with van der Waals surface area (Å²) in [5.41, 5.74) is 0.346. The van der Waals surface area contributed by atoms with E-state index in [9.17, 15) is 13.2 Å². The predicted octanol–water partition coefficient (Wildman–Crippen LogP) is 2.03. The Morgan fingerprint density at radius 2 is 2.04 bits per heavy atom. The van der Waals surface area contributed by atoms with Crippen LogP contribution in [0.25, 0.3) is 0 Å². The second-order valence-corrected chi connectivity index (χ2v) is 8.27. The van der Waals surface area contributed by atoms with Crippen molar-refractivity contribution in [2.24, 2.45) is 0 Å². The Morgan fingerprint density at radius 1 is 1.29 bits per heavy atom. The Morgan fingerprint density at radius 3 is 2.71 bits per heavy atom. The number of carbonyl (C=O) groups excluding carboxylic acids is 1. The van der Waals surface area contributed by atoms with Crippen LogP contribution in [-0.2, 0) is 14.8 Å². The van der Waals surface area contributed by atoms with Gasteiger partial charge in [-0.05, 0) is 43.9 Å². The number of carbonyl (C=O) groups is 1. The lowest BCUT2D eigenvalue weighted by Crippen LogP contribution is -2.32. The first kappa shape index (κ1) is 17.7. The van der Waals surface area contributed by atoms with Gasteiger partial charge in [0, 0.05) is 31.8 Å². The third-order valence-corrected chi connectivity index (χ3v) is 6.29. The summed E-state index contributed by atoms with van der Waals surface area (Å²) >= 11 is 6.07. The molecular weight excluding hydrogens is 352 g/mol. The van der Waals surface area contributed by atoms with Crippen molar-refractivity contribution in [3.8, 4) is 0 Å². The van der Waals surface area contributed by atoms with E-state index in [0.29, 0.717) is 25.3 Å². The van der Waals surface area contributed by atoms with E-state index in [0.717, 1.165) is 25.7 Å². The van der Waals surface area contributed by atoms with Crippen LogP contribution in [0.1, 0.15) is 36.0 Å². The van der Waals surface area contributed by atoms with Gasteiger partial charge in [0.1, 0.15) is 4.90 Å². The summed E-state index contributed by atoms with van der Waals surface area (Å²) in [5, 5.41) is 0.104. The summed E-state index contributed by atoms with van der Waals surface area (Å²) in [6, 6.07) is 4.40. The standard InChI is InChI=1S/C16H21ClN2O4S/c17-14-6-5-12(16(20)19-7-1-2-8-19)10-15(14)24(21,22)18-11-13-4-3-9-23-13/h5-6,10,13,18H,1-4,7-9,11H2/t13-/m1/s1. The number of nitrogens with zero attached hydrogens (tertiary/aromatic N) is 1. The second kappa shape index (κ2) is 7.39. The maximum Gasteiger partial charge on any atom is 0.253 e. The van der Waals surface area contributed by atoms with Gasteiger partial charge in [-0.3, -0.25) is 4.79 Å². The highest BCUT2D eigenvalue weighted by molar-refractivity contribution is 7.89. The number of rotatable bonds is 5. The van der Waals surface area contributed by atoms with Crippen LogP contribution in [0.4, 0.5) is 0 Å². The topological polar surface area (TPSA) is 75.7 Å². The predicted molar refractivity (Wildman–Crippen MR) is 90.8 cm³/mol. The second-order valence-electron chi connectivity index (χ2n) is 6.13. The van der Waals surface area contributed by atoms with E-state index in [-0.39, 0.29) is 28.5 Å². The quantitative estimate of drug-likeness (QED) is 0.858. The summed E-state index contributed by atoms with van der Waals surface area (Å²) in [6.45, 7) is 2.29. The largest absolute Gasteiger partial charge is 0.377 e. The van der Waals surface area contributed by atoms with Gasteiger partial charge in [0.25, 0.3) is 5.91 Å². The minimum Gasteiger partial charge on any atom is -0.377 e. The number of hydrogen-bond donors (Lipinski definition) is 1. The van der Waals surface area contributed by atoms with Crippen molar-refractivity contribution in [1.82, 2.24) is 9.62 Å². The molecule has 0 aliphatic carbocycles. The number of halogens is 1. The molecule has 1 N–H and O–H groups in total. The molecule has 2 saturated heterocycles. The van der Waals surface area contributed by atoms with Gasteiger partial charge in [0.2, 0.25) is 10.0 Å². The van der Waals surface area contributed by atoms with Crippen molar-refractivity contribution >= 4 is 27.5 Å². The molecule has 2 heterocycles. The molecule has 2 aliphatic heterocycles. The van der Waals surface area contributed by atoms with Gasteiger partial charge in [0.15, 0.2) is 0 Å². The van der Waals surface area contributed by atoms with Crippen LogP contribution < -0.4 is 4.72 Å². The number of sulfonamides is 1. The molecule has 1 aromatic carbocycles. The van der Waals surface area contributed by atoms with E-state index in [1.165, 1.54) is 12.1 Å². The lowest BCUT2D eigenvalue weighted by molar-refractivity contribution is 0.0792. The van der Waals surface area contributed by atoms with E-state index in [1.807, 2.05) is 0 Å². The van der Waals surface area contributed by atoms with E-state index in [1.54, 1.807) is 11.0 Å². The zero-order valence-corrected chi connectivity index (χ0v) is 14.9. The van der Waals surface area contributed by atoms with Gasteiger partial charge in [-0.1, -0.05) is 11.6 Å². The van der Waals surface area contributed by atoms with Crippen LogP contribution >= 0.6 is 11.6 Å². The van der Waals surface area contributed by atoms with Gasteiger partial charge in [0.05, 0.1) is 11.1 Å². The van der Waals surface area contributed by atoms with E-state index >= 15 is 0 Å². The lowest BCUT2D eigenvalue weighted by Gasteiger charge is -2.17. The van der Waals surface area contributed by atoms with Gasteiger partial charge in [-0.25, -0.2) is 13.1 Å². The van der Waals surface area contributed by atoms with Crippen molar-refractivity contribution in [1.29, 1.82) is 0 Å². The Balaban J connectivity index is 1.78. The van der Waals surface area contributed by atoms with Crippen LogP contribution in [0.15, 0.2) is 23.1 Å². The van der Waals surface area contributed by atoms with E-state index in [4.69, 9.17) is 16.3 Å². The SMILES string of the molecule is O=C(c1ccc(Cl)c(S(=O)(=O)NC[C@H]2CCCO2)c1)N1CCCC1. The summed E-state index contributed by atoms with van der Waals surface area (Å²) in [6.07, 6.45) is 3.63. The van der Waals surface area contributed by atoms with Crippen molar-refractivity contribution < 1.29 is 17.9 Å². The molecule has 0 bridgehead atoms. The van der Waals surface area contributed by atoms with E-state index in [2.05, 4.69) is 4.72 Å². The number of ether oxygens (including phenoxy) is 1. The molecule has 0 unspecified atom stereocenters. The van der Waals surface area contributed by atoms with Crippen LogP contribution in [0.2, 0.25) is 5.02 Å². The van der Waals surface area contributed by atoms with Crippen LogP contribution in [-0.4, -0.2) is 51.6 Å². The highest BCUT2D eigenvalue weighted by Gasteiger charge is 2.25. The average molecular weight is 373 g/mol. The Kier molecular flexibility index (Phi) is 5.44. The summed E-state index contributed by atoms with van der Waals surface area (Å²) in [7, 11) is -3.79. The number of benzene rings is 1. The number of hydrogen-bond acceptors (Lipinski definition) is 4. The monoisotopic (exact) mass is 372 g/mol. The van der Waals surface area contributed by atoms with Crippen molar-refractivity contribution in [2.45, 2.75) is 36.7 Å². The molecule has 132 valence electrons. The highest BCUT2D eigenvalue weighted by Crippen LogP contribution is 2.24. The third-order valence-electron chi connectivity index (χ3n) is 4.39. The Hall–Kier alpha value is -1.15. The minimum absolute atomic E-state index is 0.0628. The smallest absolute Gasteiger partial charge is 0.253 e. The van der Waals surface area contributed by atoms with Crippen LogP contribution in [0, 0.1) is 0 Å². The molecule has 2 fully saturated rings. The fourth-order valence-electron chi connectivity index (χ4n) is 3.03. The molecule has 1 amide bonds. The molecule has 1 atom stereocenters. The maximum atomic E-state index is 12.5. The van der Waals surface area contributed by atoms with Crippen molar-refractivity contribution in [3.63, 3.8) is 0 Å². The molecule has 2 aliphatic rings. The number of amides is 1. The zero-order chi connectivity index (χ0) is 17.2. The molecule has 8 heteroatoms. The number of likely N-dealkylation sites (tertiary alicyclic amines) is 1. The molecule has 0 aromatic heterocycles. The molecule has 3 rings (SSSR count). The van der Waals surface area contributed by atoms with Gasteiger partial charge in [-0.15, -0.1) is 0 Å². The van der Waals surface area contributed by atoms with Gasteiger partial charge in [-0.2, -0.15) is 0 Å². The minimum atomic E-state index is -3.79. The summed E-state index contributed by atoms with van der Waals surface area (Å²) < 4.78 is 33.0. The molecule has 6 nitrogen and oxygen atoms in total. The normalized spacial score (nSPS) is 21.4. The molecule has 24 heavy (non-hydrogen) atoms. The summed E-state index contributed by atoms with van der Waals surface area (Å²) in [4.78, 5) is 14.1. The van der Waals surface area contributed by atoms with Crippen LogP contribution in [0.3, 0.4) is 0 Å². The number of nitrogens with one attached hydrogen (secondary N) is 1. The first-order chi connectivity index (χ1) is 11.5. The first-order valence-electron chi connectivity index (χ1n) is 8.17. The lowest BCUT2D eigenvalue weighted by atomic mass is 10.2. The molecule has 0 radical (unpaired) electrons. The van der Waals surface area contributed by atoms with Gasteiger partial charge < -0.3 is 9.64 Å². The average Bonchev–Trinajstić information content (AvgIpc) is 3.26. The fraction of sp³-hybridized carbons (Fsp3) is 0.562. The summed E-state index contributed by atoms with van der Waals surface area (Å²) in [5.74, 6) is -0.153. The fourth-order valence-corrected chi connectivity index (χ4v) is 4.62.